The predicted octanol–water partition coefficient (Wildman–Crippen LogP) is 2.75. The van der Waals surface area contributed by atoms with Crippen molar-refractivity contribution >= 4 is 42.3 Å². The van der Waals surface area contributed by atoms with Crippen LogP contribution >= 0.6 is 11.6 Å². The molecule has 0 aliphatic heterocycles. The summed E-state index contributed by atoms with van der Waals surface area (Å²) < 4.78 is 1.78. The molecule has 0 saturated carbocycles. The van der Waals surface area contributed by atoms with Gasteiger partial charge in [0.15, 0.2) is 5.65 Å². The lowest BCUT2D eigenvalue weighted by Crippen LogP contribution is -2.29. The van der Waals surface area contributed by atoms with Crippen LogP contribution in [0, 0.1) is 11.3 Å². The number of aromatic nitrogens is 3. The molecule has 1 N–H and O–H groups in total. The SMILES string of the molecule is Bc1cnn2c(NCCCN(C)C(=O)c3cccc(C#N)c3)cc(-c3ccccc3Cl)nc12. The number of carbonyl (C=O) groups excluding carboxylic acids is 1. The van der Waals surface area contributed by atoms with Crippen LogP contribution in [0.5, 0.6) is 0 Å². The van der Waals surface area contributed by atoms with Crippen molar-refractivity contribution in [1.29, 1.82) is 5.26 Å². The molecular formula is C24H22BClN6O. The molecule has 33 heavy (non-hydrogen) atoms. The molecule has 2 aromatic carbocycles. The summed E-state index contributed by atoms with van der Waals surface area (Å²) in [6.07, 6.45) is 2.51. The van der Waals surface area contributed by atoms with Crippen molar-refractivity contribution in [2.75, 3.05) is 25.5 Å². The van der Waals surface area contributed by atoms with Crippen LogP contribution in [0.15, 0.2) is 60.8 Å². The van der Waals surface area contributed by atoms with E-state index in [1.54, 1.807) is 46.9 Å². The van der Waals surface area contributed by atoms with E-state index in [2.05, 4.69) is 16.5 Å². The highest BCUT2D eigenvalue weighted by Gasteiger charge is 2.14. The van der Waals surface area contributed by atoms with Gasteiger partial charge in [-0.2, -0.15) is 14.9 Å². The van der Waals surface area contributed by atoms with Gasteiger partial charge in [0.1, 0.15) is 13.7 Å². The number of nitrogens with zero attached hydrogens (tertiary/aromatic N) is 5. The molecular weight excluding hydrogens is 435 g/mol. The Bertz CT molecular complexity index is 1360. The zero-order valence-corrected chi connectivity index (χ0v) is 19.2. The number of hydrogen-bond acceptors (Lipinski definition) is 5. The molecule has 4 aromatic rings. The second-order valence-corrected chi connectivity index (χ2v) is 8.18. The van der Waals surface area contributed by atoms with Crippen LogP contribution in [0.3, 0.4) is 0 Å². The van der Waals surface area contributed by atoms with Crippen LogP contribution < -0.4 is 10.8 Å². The van der Waals surface area contributed by atoms with Crippen LogP contribution in [0.2, 0.25) is 5.02 Å². The number of carbonyl (C=O) groups is 1. The first-order valence-corrected chi connectivity index (χ1v) is 11.0. The van der Waals surface area contributed by atoms with Gasteiger partial charge in [-0.3, -0.25) is 4.79 Å². The lowest BCUT2D eigenvalue weighted by atomic mass is 10.0. The Hall–Kier alpha value is -3.83. The third-order valence-electron chi connectivity index (χ3n) is 5.36. The van der Waals surface area contributed by atoms with E-state index in [1.165, 1.54) is 0 Å². The molecule has 2 heterocycles. The van der Waals surface area contributed by atoms with Gasteiger partial charge >= 0.3 is 0 Å². The van der Waals surface area contributed by atoms with Crippen LogP contribution in [0.25, 0.3) is 16.9 Å². The monoisotopic (exact) mass is 456 g/mol. The van der Waals surface area contributed by atoms with Crippen molar-refractivity contribution in [3.8, 4) is 17.3 Å². The number of anilines is 1. The van der Waals surface area contributed by atoms with E-state index < -0.39 is 0 Å². The molecule has 0 radical (unpaired) electrons. The van der Waals surface area contributed by atoms with Gasteiger partial charge in [-0.1, -0.05) is 35.9 Å². The molecule has 2 aromatic heterocycles. The number of amides is 1. The second kappa shape index (κ2) is 9.76. The molecule has 0 aliphatic rings. The summed E-state index contributed by atoms with van der Waals surface area (Å²) in [5.41, 5.74) is 4.34. The molecule has 164 valence electrons. The smallest absolute Gasteiger partial charge is 0.253 e. The van der Waals surface area contributed by atoms with E-state index in [9.17, 15) is 4.79 Å². The largest absolute Gasteiger partial charge is 0.370 e. The molecule has 7 nitrogen and oxygen atoms in total. The van der Waals surface area contributed by atoms with Gasteiger partial charge in [0.05, 0.1) is 17.3 Å². The molecule has 0 bridgehead atoms. The quantitative estimate of drug-likeness (QED) is 0.341. The van der Waals surface area contributed by atoms with Gasteiger partial charge < -0.3 is 10.2 Å². The second-order valence-electron chi connectivity index (χ2n) is 7.77. The molecule has 0 aliphatic carbocycles. The molecule has 4 rings (SSSR count). The fourth-order valence-corrected chi connectivity index (χ4v) is 3.81. The lowest BCUT2D eigenvalue weighted by Gasteiger charge is -2.18. The fraction of sp³-hybridized carbons (Fsp3) is 0.167. The minimum atomic E-state index is -0.109. The van der Waals surface area contributed by atoms with Gasteiger partial charge in [-0.05, 0) is 36.1 Å². The molecule has 9 heteroatoms. The summed E-state index contributed by atoms with van der Waals surface area (Å²) in [7, 11) is 3.73. The topological polar surface area (TPSA) is 86.3 Å². The van der Waals surface area contributed by atoms with Crippen molar-refractivity contribution in [3.05, 3.63) is 76.9 Å². The van der Waals surface area contributed by atoms with Crippen molar-refractivity contribution in [2.24, 2.45) is 0 Å². The van der Waals surface area contributed by atoms with E-state index in [0.717, 1.165) is 34.6 Å². The maximum Gasteiger partial charge on any atom is 0.253 e. The Morgan fingerprint density at radius 3 is 2.85 bits per heavy atom. The highest BCUT2D eigenvalue weighted by Crippen LogP contribution is 2.28. The summed E-state index contributed by atoms with van der Waals surface area (Å²) in [5.74, 6) is 0.695. The summed E-state index contributed by atoms with van der Waals surface area (Å²) >= 11 is 6.40. The minimum Gasteiger partial charge on any atom is -0.370 e. The minimum absolute atomic E-state index is 0.109. The predicted molar refractivity (Wildman–Crippen MR) is 133 cm³/mol. The Kier molecular flexibility index (Phi) is 6.62. The lowest BCUT2D eigenvalue weighted by molar-refractivity contribution is 0.0794. The van der Waals surface area contributed by atoms with Crippen molar-refractivity contribution in [2.45, 2.75) is 6.42 Å². The van der Waals surface area contributed by atoms with E-state index in [0.29, 0.717) is 29.2 Å². The molecule has 0 saturated heterocycles. The number of nitrogens with one attached hydrogen (secondary N) is 1. The zero-order chi connectivity index (χ0) is 23.4. The summed E-state index contributed by atoms with van der Waals surface area (Å²) in [5, 5.41) is 17.5. The number of fused-ring (bicyclic) bond motifs is 1. The van der Waals surface area contributed by atoms with Gasteiger partial charge in [0, 0.05) is 48.5 Å². The number of benzene rings is 2. The molecule has 1 amide bonds. The summed E-state index contributed by atoms with van der Waals surface area (Å²) in [6.45, 7) is 1.20. The van der Waals surface area contributed by atoms with Crippen molar-refractivity contribution < 1.29 is 4.79 Å². The highest BCUT2D eigenvalue weighted by molar-refractivity contribution is 6.36. The number of nitriles is 1. The normalized spacial score (nSPS) is 10.7. The Morgan fingerprint density at radius 1 is 1.24 bits per heavy atom. The third kappa shape index (κ3) is 4.84. The number of rotatable bonds is 7. The van der Waals surface area contributed by atoms with Crippen LogP contribution in [0.1, 0.15) is 22.3 Å². The first-order chi connectivity index (χ1) is 16.0. The van der Waals surface area contributed by atoms with Crippen LogP contribution in [-0.2, 0) is 0 Å². The van der Waals surface area contributed by atoms with Crippen molar-refractivity contribution in [1.82, 2.24) is 19.5 Å². The van der Waals surface area contributed by atoms with Crippen LogP contribution in [-0.4, -0.2) is 53.4 Å². The summed E-state index contributed by atoms with van der Waals surface area (Å²) in [6, 6.07) is 18.4. The fourth-order valence-electron chi connectivity index (χ4n) is 3.58. The van der Waals surface area contributed by atoms with Gasteiger partial charge in [0.25, 0.3) is 5.91 Å². The first-order valence-electron chi connectivity index (χ1n) is 10.6. The Labute approximate surface area is 198 Å². The van der Waals surface area contributed by atoms with E-state index in [4.69, 9.17) is 21.8 Å². The van der Waals surface area contributed by atoms with E-state index in [-0.39, 0.29) is 5.91 Å². The Balaban J connectivity index is 1.45. The molecule has 0 fully saturated rings. The van der Waals surface area contributed by atoms with Gasteiger partial charge in [-0.15, -0.1) is 0 Å². The highest BCUT2D eigenvalue weighted by atomic mass is 35.5. The maximum atomic E-state index is 12.6. The average Bonchev–Trinajstić information content (AvgIpc) is 3.22. The van der Waals surface area contributed by atoms with E-state index >= 15 is 0 Å². The van der Waals surface area contributed by atoms with Gasteiger partial charge in [0.2, 0.25) is 0 Å². The van der Waals surface area contributed by atoms with Crippen molar-refractivity contribution in [3.63, 3.8) is 0 Å². The summed E-state index contributed by atoms with van der Waals surface area (Å²) in [4.78, 5) is 19.1. The third-order valence-corrected chi connectivity index (χ3v) is 5.69. The number of hydrogen-bond donors (Lipinski definition) is 1. The molecule has 0 spiro atoms. The van der Waals surface area contributed by atoms with E-state index in [1.807, 2.05) is 38.2 Å². The Morgan fingerprint density at radius 2 is 2.06 bits per heavy atom. The maximum absolute atomic E-state index is 12.6. The average molecular weight is 457 g/mol. The first kappa shape index (κ1) is 22.4. The van der Waals surface area contributed by atoms with Gasteiger partial charge in [-0.25, -0.2) is 4.98 Å². The standard InChI is InChI=1S/C24H22BClN6O/c1-31(24(33)17-7-4-6-16(12-17)14-27)11-5-10-28-22-13-21(18-8-2-3-9-20(18)26)30-23-19(25)15-29-32(22)23/h2-4,6-9,12-13,15,28H,5,10-11,25H2,1H3. The van der Waals surface area contributed by atoms with Crippen LogP contribution in [0.4, 0.5) is 5.82 Å². The zero-order valence-electron chi connectivity index (χ0n) is 18.4. The molecule has 0 unspecified atom stereocenters. The molecule has 0 atom stereocenters. The number of halogens is 1.